The van der Waals surface area contributed by atoms with E-state index in [0.29, 0.717) is 5.92 Å². The van der Waals surface area contributed by atoms with Gasteiger partial charge in [0.05, 0.1) is 13.2 Å². The van der Waals surface area contributed by atoms with Crippen LogP contribution in [0.4, 0.5) is 0 Å². The first kappa shape index (κ1) is 13.5. The van der Waals surface area contributed by atoms with Gasteiger partial charge in [-0.2, -0.15) is 0 Å². The van der Waals surface area contributed by atoms with Gasteiger partial charge in [-0.1, -0.05) is 6.92 Å². The number of hydrogen-bond donors (Lipinski definition) is 0. The summed E-state index contributed by atoms with van der Waals surface area (Å²) in [5.41, 5.74) is 0. The Morgan fingerprint density at radius 2 is 2.33 bits per heavy atom. The Morgan fingerprint density at radius 3 is 3.11 bits per heavy atom. The molecule has 0 amide bonds. The number of nitrogens with zero attached hydrogens (tertiary/aromatic N) is 4. The summed E-state index contributed by atoms with van der Waals surface area (Å²) in [6, 6.07) is 0. The third kappa shape index (κ3) is 3.53. The zero-order valence-electron chi connectivity index (χ0n) is 11.5. The molecule has 0 aliphatic carbocycles. The fourth-order valence-corrected chi connectivity index (χ4v) is 2.45. The van der Waals surface area contributed by atoms with Crippen LogP contribution in [0.15, 0.2) is 6.33 Å². The van der Waals surface area contributed by atoms with E-state index in [1.165, 1.54) is 6.42 Å². The second-order valence-electron chi connectivity index (χ2n) is 5.00. The largest absolute Gasteiger partial charge is 0.381 e. The van der Waals surface area contributed by atoms with Crippen LogP contribution in [0.3, 0.4) is 0 Å². The van der Waals surface area contributed by atoms with Crippen molar-refractivity contribution in [3.05, 3.63) is 12.2 Å². The average molecular weight is 252 g/mol. The lowest BCUT2D eigenvalue weighted by molar-refractivity contribution is 0.101. The van der Waals surface area contributed by atoms with Crippen molar-refractivity contribution in [3.8, 4) is 0 Å². The van der Waals surface area contributed by atoms with Gasteiger partial charge in [0.2, 0.25) is 0 Å². The third-order valence-electron chi connectivity index (χ3n) is 3.47. The first-order valence-electron chi connectivity index (χ1n) is 7.00. The molecule has 1 saturated heterocycles. The van der Waals surface area contributed by atoms with Gasteiger partial charge in [-0.15, -0.1) is 10.2 Å². The molecule has 0 aromatic carbocycles. The van der Waals surface area contributed by atoms with Crippen molar-refractivity contribution in [2.75, 3.05) is 26.3 Å². The minimum atomic E-state index is 0.689. The van der Waals surface area contributed by atoms with Gasteiger partial charge in [-0.05, 0) is 32.2 Å². The molecule has 0 saturated carbocycles. The predicted octanol–water partition coefficient (Wildman–Crippen LogP) is 1.55. The SMILES string of the molecule is CCCOC[C@H]1CCN(Cc2nncn2CC)C1. The van der Waals surface area contributed by atoms with Gasteiger partial charge >= 0.3 is 0 Å². The highest BCUT2D eigenvalue weighted by Crippen LogP contribution is 2.18. The Kier molecular flexibility index (Phi) is 5.13. The van der Waals surface area contributed by atoms with Crippen LogP contribution in [0, 0.1) is 5.92 Å². The van der Waals surface area contributed by atoms with Crippen LogP contribution < -0.4 is 0 Å². The van der Waals surface area contributed by atoms with Crippen LogP contribution in [0.25, 0.3) is 0 Å². The Bertz CT molecular complexity index is 353. The minimum Gasteiger partial charge on any atom is -0.381 e. The third-order valence-corrected chi connectivity index (χ3v) is 3.47. The minimum absolute atomic E-state index is 0.689. The molecule has 5 nitrogen and oxygen atoms in total. The molecule has 5 heteroatoms. The molecule has 102 valence electrons. The zero-order chi connectivity index (χ0) is 12.8. The Labute approximate surface area is 109 Å². The van der Waals surface area contributed by atoms with Gasteiger partial charge in [0, 0.05) is 19.7 Å². The maximum absolute atomic E-state index is 5.64. The Hall–Kier alpha value is -0.940. The van der Waals surface area contributed by atoms with E-state index < -0.39 is 0 Å². The van der Waals surface area contributed by atoms with E-state index in [4.69, 9.17) is 4.74 Å². The number of ether oxygens (including phenoxy) is 1. The number of rotatable bonds is 7. The molecule has 0 N–H and O–H groups in total. The van der Waals surface area contributed by atoms with Gasteiger partial charge in [0.1, 0.15) is 12.2 Å². The zero-order valence-corrected chi connectivity index (χ0v) is 11.5. The van der Waals surface area contributed by atoms with Gasteiger partial charge < -0.3 is 9.30 Å². The van der Waals surface area contributed by atoms with Crippen molar-refractivity contribution in [2.24, 2.45) is 5.92 Å². The normalized spacial score (nSPS) is 20.7. The quantitative estimate of drug-likeness (QED) is 0.691. The number of likely N-dealkylation sites (tertiary alicyclic amines) is 1. The van der Waals surface area contributed by atoms with Crippen molar-refractivity contribution in [2.45, 2.75) is 39.8 Å². The van der Waals surface area contributed by atoms with E-state index in [2.05, 4.69) is 33.5 Å². The van der Waals surface area contributed by atoms with Crippen LogP contribution in [-0.2, 0) is 17.8 Å². The molecule has 1 fully saturated rings. The monoisotopic (exact) mass is 252 g/mol. The van der Waals surface area contributed by atoms with Gasteiger partial charge in [0.15, 0.2) is 0 Å². The maximum Gasteiger partial charge on any atom is 0.146 e. The molecule has 2 rings (SSSR count). The van der Waals surface area contributed by atoms with Crippen molar-refractivity contribution in [1.29, 1.82) is 0 Å². The Balaban J connectivity index is 1.75. The smallest absolute Gasteiger partial charge is 0.146 e. The van der Waals surface area contributed by atoms with Crippen LogP contribution >= 0.6 is 0 Å². The molecule has 18 heavy (non-hydrogen) atoms. The number of aromatic nitrogens is 3. The molecule has 0 bridgehead atoms. The van der Waals surface area contributed by atoms with Crippen LogP contribution in [0.5, 0.6) is 0 Å². The second-order valence-corrected chi connectivity index (χ2v) is 5.00. The van der Waals surface area contributed by atoms with Crippen LogP contribution in [0.2, 0.25) is 0 Å². The lowest BCUT2D eigenvalue weighted by Crippen LogP contribution is -2.23. The highest BCUT2D eigenvalue weighted by atomic mass is 16.5. The highest BCUT2D eigenvalue weighted by molar-refractivity contribution is 4.88. The summed E-state index contributed by atoms with van der Waals surface area (Å²) < 4.78 is 7.75. The van der Waals surface area contributed by atoms with Crippen molar-refractivity contribution in [1.82, 2.24) is 19.7 Å². The lowest BCUT2D eigenvalue weighted by atomic mass is 10.1. The summed E-state index contributed by atoms with van der Waals surface area (Å²) in [4.78, 5) is 2.45. The molecule has 0 unspecified atom stereocenters. The second kappa shape index (κ2) is 6.85. The van der Waals surface area contributed by atoms with Gasteiger partial charge in [-0.3, -0.25) is 4.90 Å². The molecule has 2 heterocycles. The van der Waals surface area contributed by atoms with E-state index in [1.807, 2.05) is 6.33 Å². The molecule has 1 aromatic rings. The van der Waals surface area contributed by atoms with E-state index >= 15 is 0 Å². The van der Waals surface area contributed by atoms with Crippen molar-refractivity contribution < 1.29 is 4.74 Å². The molecule has 1 aliphatic rings. The van der Waals surface area contributed by atoms with Crippen LogP contribution in [-0.4, -0.2) is 46.0 Å². The first-order chi connectivity index (χ1) is 8.83. The topological polar surface area (TPSA) is 43.2 Å². The Morgan fingerprint density at radius 1 is 1.44 bits per heavy atom. The number of aryl methyl sites for hydroxylation is 1. The molecular weight excluding hydrogens is 228 g/mol. The summed E-state index contributed by atoms with van der Waals surface area (Å²) in [5, 5.41) is 8.17. The van der Waals surface area contributed by atoms with Gasteiger partial charge in [0.25, 0.3) is 0 Å². The standard InChI is InChI=1S/C13H24N4O/c1-3-7-18-10-12-5-6-16(8-12)9-13-15-14-11-17(13)4-2/h11-12H,3-10H2,1-2H3/t12-/m0/s1. The van der Waals surface area contributed by atoms with E-state index in [9.17, 15) is 0 Å². The van der Waals surface area contributed by atoms with E-state index in [0.717, 1.165) is 51.6 Å². The average Bonchev–Trinajstić information content (AvgIpc) is 2.99. The first-order valence-corrected chi connectivity index (χ1v) is 7.00. The molecule has 1 atom stereocenters. The summed E-state index contributed by atoms with van der Waals surface area (Å²) in [5.74, 6) is 1.77. The molecule has 0 spiro atoms. The summed E-state index contributed by atoms with van der Waals surface area (Å²) >= 11 is 0. The molecular formula is C13H24N4O. The summed E-state index contributed by atoms with van der Waals surface area (Å²) in [6.07, 6.45) is 4.16. The predicted molar refractivity (Wildman–Crippen MR) is 70.2 cm³/mol. The van der Waals surface area contributed by atoms with E-state index in [1.54, 1.807) is 0 Å². The number of hydrogen-bond acceptors (Lipinski definition) is 4. The molecule has 1 aromatic heterocycles. The van der Waals surface area contributed by atoms with Gasteiger partial charge in [-0.25, -0.2) is 0 Å². The fraction of sp³-hybridized carbons (Fsp3) is 0.846. The maximum atomic E-state index is 5.64. The van der Waals surface area contributed by atoms with E-state index in [-0.39, 0.29) is 0 Å². The summed E-state index contributed by atoms with van der Waals surface area (Å²) in [7, 11) is 0. The van der Waals surface area contributed by atoms with Crippen molar-refractivity contribution in [3.63, 3.8) is 0 Å². The fourth-order valence-electron chi connectivity index (χ4n) is 2.45. The lowest BCUT2D eigenvalue weighted by Gasteiger charge is -2.15. The van der Waals surface area contributed by atoms with Crippen molar-refractivity contribution >= 4 is 0 Å². The molecule has 0 radical (unpaired) electrons. The summed E-state index contributed by atoms with van der Waals surface area (Å²) in [6.45, 7) is 10.2. The van der Waals surface area contributed by atoms with Crippen LogP contribution in [0.1, 0.15) is 32.5 Å². The highest BCUT2D eigenvalue weighted by Gasteiger charge is 2.23. The molecule has 1 aliphatic heterocycles.